The number of halogens is 2. The van der Waals surface area contributed by atoms with Crippen LogP contribution in [0.5, 0.6) is 0 Å². The first-order chi connectivity index (χ1) is 14.0. The summed E-state index contributed by atoms with van der Waals surface area (Å²) in [6, 6.07) is 12.8. The van der Waals surface area contributed by atoms with Gasteiger partial charge in [-0.25, -0.2) is 4.39 Å². The predicted octanol–water partition coefficient (Wildman–Crippen LogP) is 4.25. The second-order valence-corrected chi connectivity index (χ2v) is 7.47. The standard InChI is InChI=1S/C19H18ClFN6OS/c20-12-2-1-3-15(10-12)23-17(28)8-9-29-11-16-25-18(22)27-19(26-16)24-14-6-4-13(21)5-7-14/h1-7,10H,8-9,11H2,(H,23,28)(H3,22,24,25,26,27). The van der Waals surface area contributed by atoms with Gasteiger partial charge in [0.1, 0.15) is 11.6 Å². The number of benzene rings is 2. The zero-order valence-electron chi connectivity index (χ0n) is 15.2. The summed E-state index contributed by atoms with van der Waals surface area (Å²) in [5, 5.41) is 6.32. The molecular formula is C19H18ClFN6OS. The van der Waals surface area contributed by atoms with Gasteiger partial charge in [0.05, 0.1) is 5.75 Å². The minimum Gasteiger partial charge on any atom is -0.368 e. The maximum Gasteiger partial charge on any atom is 0.232 e. The van der Waals surface area contributed by atoms with Crippen LogP contribution in [0.4, 0.5) is 27.7 Å². The number of rotatable bonds is 8. The molecular weight excluding hydrogens is 415 g/mol. The molecule has 0 unspecified atom stereocenters. The van der Waals surface area contributed by atoms with Crippen molar-refractivity contribution in [1.82, 2.24) is 15.0 Å². The monoisotopic (exact) mass is 432 g/mol. The molecule has 10 heteroatoms. The minimum absolute atomic E-state index is 0.0823. The van der Waals surface area contributed by atoms with Gasteiger partial charge in [0.15, 0.2) is 0 Å². The van der Waals surface area contributed by atoms with Crippen LogP contribution in [0.3, 0.4) is 0 Å². The Bertz CT molecular complexity index is 989. The maximum atomic E-state index is 13.0. The highest BCUT2D eigenvalue weighted by atomic mass is 35.5. The molecule has 1 heterocycles. The van der Waals surface area contributed by atoms with E-state index < -0.39 is 0 Å². The summed E-state index contributed by atoms with van der Waals surface area (Å²) in [7, 11) is 0. The molecule has 7 nitrogen and oxygen atoms in total. The summed E-state index contributed by atoms with van der Waals surface area (Å²) in [6.45, 7) is 0. The third-order valence-corrected chi connectivity index (χ3v) is 4.80. The second kappa shape index (κ2) is 10.0. The molecule has 0 spiro atoms. The number of nitrogens with two attached hydrogens (primary N) is 1. The van der Waals surface area contributed by atoms with Crippen molar-refractivity contribution in [2.45, 2.75) is 12.2 Å². The summed E-state index contributed by atoms with van der Waals surface area (Å²) < 4.78 is 13.0. The van der Waals surface area contributed by atoms with E-state index in [2.05, 4.69) is 25.6 Å². The smallest absolute Gasteiger partial charge is 0.232 e. The van der Waals surface area contributed by atoms with Gasteiger partial charge in [0, 0.05) is 28.6 Å². The van der Waals surface area contributed by atoms with Gasteiger partial charge in [-0.05, 0) is 42.5 Å². The van der Waals surface area contributed by atoms with Gasteiger partial charge in [-0.3, -0.25) is 4.79 Å². The molecule has 0 saturated carbocycles. The van der Waals surface area contributed by atoms with E-state index in [-0.39, 0.29) is 23.6 Å². The van der Waals surface area contributed by atoms with Crippen LogP contribution in [-0.2, 0) is 10.5 Å². The molecule has 3 aromatic rings. The maximum absolute atomic E-state index is 13.0. The quantitative estimate of drug-likeness (QED) is 0.457. The Morgan fingerprint density at radius 3 is 2.66 bits per heavy atom. The van der Waals surface area contributed by atoms with Crippen LogP contribution in [0.25, 0.3) is 0 Å². The average Bonchev–Trinajstić information content (AvgIpc) is 2.67. The molecule has 0 aliphatic heterocycles. The van der Waals surface area contributed by atoms with Crippen molar-refractivity contribution in [1.29, 1.82) is 0 Å². The molecule has 0 fully saturated rings. The molecule has 0 aliphatic rings. The predicted molar refractivity (Wildman–Crippen MR) is 115 cm³/mol. The van der Waals surface area contributed by atoms with Gasteiger partial charge in [-0.15, -0.1) is 0 Å². The van der Waals surface area contributed by atoms with Gasteiger partial charge in [0.25, 0.3) is 0 Å². The highest BCUT2D eigenvalue weighted by Crippen LogP contribution is 2.18. The number of nitrogens with one attached hydrogen (secondary N) is 2. The molecule has 29 heavy (non-hydrogen) atoms. The van der Waals surface area contributed by atoms with E-state index in [1.54, 1.807) is 36.4 Å². The van der Waals surface area contributed by atoms with Crippen LogP contribution in [0.15, 0.2) is 48.5 Å². The van der Waals surface area contributed by atoms with E-state index in [1.165, 1.54) is 23.9 Å². The second-order valence-electron chi connectivity index (χ2n) is 5.93. The van der Waals surface area contributed by atoms with Gasteiger partial charge in [-0.1, -0.05) is 17.7 Å². The first-order valence-corrected chi connectivity index (χ1v) is 10.2. The topological polar surface area (TPSA) is 106 Å². The first kappa shape index (κ1) is 20.8. The lowest BCUT2D eigenvalue weighted by Gasteiger charge is -2.08. The third-order valence-electron chi connectivity index (χ3n) is 3.61. The number of nitrogens with zero attached hydrogens (tertiary/aromatic N) is 3. The minimum atomic E-state index is -0.331. The first-order valence-electron chi connectivity index (χ1n) is 8.64. The molecule has 1 aromatic heterocycles. The Morgan fingerprint density at radius 2 is 1.90 bits per heavy atom. The Morgan fingerprint density at radius 1 is 1.10 bits per heavy atom. The van der Waals surface area contributed by atoms with Crippen LogP contribution < -0.4 is 16.4 Å². The molecule has 0 saturated heterocycles. The normalized spacial score (nSPS) is 10.6. The highest BCUT2D eigenvalue weighted by molar-refractivity contribution is 7.98. The summed E-state index contributed by atoms with van der Waals surface area (Å²) >= 11 is 7.40. The Labute approximate surface area is 176 Å². The van der Waals surface area contributed by atoms with Crippen molar-refractivity contribution in [3.05, 3.63) is 65.2 Å². The summed E-state index contributed by atoms with van der Waals surface area (Å²) in [4.78, 5) is 24.4. The third kappa shape index (κ3) is 6.88. The van der Waals surface area contributed by atoms with E-state index >= 15 is 0 Å². The number of thioether (sulfide) groups is 1. The van der Waals surface area contributed by atoms with E-state index in [0.717, 1.165) is 0 Å². The van der Waals surface area contributed by atoms with Crippen molar-refractivity contribution in [2.24, 2.45) is 0 Å². The number of carbonyl (C=O) groups excluding carboxylic acids is 1. The van der Waals surface area contributed by atoms with Gasteiger partial charge < -0.3 is 16.4 Å². The number of carbonyl (C=O) groups is 1. The molecule has 2 aromatic carbocycles. The van der Waals surface area contributed by atoms with Gasteiger partial charge in [-0.2, -0.15) is 26.7 Å². The molecule has 150 valence electrons. The molecule has 1 amide bonds. The molecule has 4 N–H and O–H groups in total. The summed E-state index contributed by atoms with van der Waals surface area (Å²) in [5.74, 6) is 1.46. The number of amides is 1. The van der Waals surface area contributed by atoms with Gasteiger partial charge >= 0.3 is 0 Å². The zero-order chi connectivity index (χ0) is 20.6. The van der Waals surface area contributed by atoms with Crippen molar-refractivity contribution in [3.63, 3.8) is 0 Å². The summed E-state index contributed by atoms with van der Waals surface area (Å²) in [5.41, 5.74) is 7.04. The lowest BCUT2D eigenvalue weighted by atomic mass is 10.3. The Balaban J connectivity index is 1.48. The molecule has 3 rings (SSSR count). The number of nitrogen functional groups attached to an aromatic ring is 1. The average molecular weight is 433 g/mol. The van der Waals surface area contributed by atoms with Gasteiger partial charge in [0.2, 0.25) is 17.8 Å². The Hall–Kier alpha value is -2.91. The lowest BCUT2D eigenvalue weighted by Crippen LogP contribution is -2.12. The van der Waals surface area contributed by atoms with E-state index in [1.807, 2.05) is 0 Å². The molecule has 0 bridgehead atoms. The number of hydrogen-bond donors (Lipinski definition) is 3. The zero-order valence-corrected chi connectivity index (χ0v) is 16.8. The SMILES string of the molecule is Nc1nc(CSCCC(=O)Nc2cccc(Cl)c2)nc(Nc2ccc(F)cc2)n1. The van der Waals surface area contributed by atoms with Crippen molar-refractivity contribution in [2.75, 3.05) is 22.1 Å². The number of hydrogen-bond acceptors (Lipinski definition) is 7. The van der Waals surface area contributed by atoms with Crippen molar-refractivity contribution >= 4 is 52.5 Å². The van der Waals surface area contributed by atoms with Crippen LogP contribution >= 0.6 is 23.4 Å². The molecule has 0 aliphatic carbocycles. The van der Waals surface area contributed by atoms with E-state index in [0.29, 0.717) is 40.1 Å². The largest absolute Gasteiger partial charge is 0.368 e. The fourth-order valence-corrected chi connectivity index (χ4v) is 3.31. The van der Waals surface area contributed by atoms with Crippen LogP contribution in [-0.4, -0.2) is 26.6 Å². The van der Waals surface area contributed by atoms with Crippen LogP contribution in [0, 0.1) is 5.82 Å². The van der Waals surface area contributed by atoms with Crippen LogP contribution in [0.2, 0.25) is 5.02 Å². The van der Waals surface area contributed by atoms with E-state index in [9.17, 15) is 9.18 Å². The fraction of sp³-hybridized carbons (Fsp3) is 0.158. The van der Waals surface area contributed by atoms with Crippen molar-refractivity contribution in [3.8, 4) is 0 Å². The molecule has 0 radical (unpaired) electrons. The van der Waals surface area contributed by atoms with Crippen LogP contribution in [0.1, 0.15) is 12.2 Å². The Kier molecular flexibility index (Phi) is 7.20. The van der Waals surface area contributed by atoms with E-state index in [4.69, 9.17) is 17.3 Å². The number of anilines is 4. The van der Waals surface area contributed by atoms with Crippen molar-refractivity contribution < 1.29 is 9.18 Å². The highest BCUT2D eigenvalue weighted by Gasteiger charge is 2.07. The fourth-order valence-electron chi connectivity index (χ4n) is 2.34. The summed E-state index contributed by atoms with van der Waals surface area (Å²) in [6.07, 6.45) is 0.332. The molecule has 0 atom stereocenters. The number of aromatic nitrogens is 3. The lowest BCUT2D eigenvalue weighted by molar-refractivity contribution is -0.115.